The molecule has 6 rings (SSSR count). The number of nitro benzene ring substituents is 1. The Labute approximate surface area is 419 Å². The first-order chi connectivity index (χ1) is 33.4. The van der Waals surface area contributed by atoms with Crippen molar-refractivity contribution in [3.63, 3.8) is 0 Å². The van der Waals surface area contributed by atoms with Gasteiger partial charge in [-0.15, -0.1) is 5.10 Å². The Bertz CT molecular complexity index is 2100. The van der Waals surface area contributed by atoms with E-state index in [4.69, 9.17) is 33.2 Å². The second-order valence-corrected chi connectivity index (χ2v) is 21.7. The molecule has 20 heteroatoms. The Morgan fingerprint density at radius 1 is 1.00 bits per heavy atom. The van der Waals surface area contributed by atoms with Gasteiger partial charge in [0.15, 0.2) is 18.0 Å². The number of methoxy groups -OCH3 is 1. The molecule has 71 heavy (non-hydrogen) atoms. The van der Waals surface area contributed by atoms with Crippen LogP contribution < -0.4 is 0 Å². The smallest absolute Gasteiger partial charge is 0.458 e. The number of benzene rings is 1. The number of likely N-dealkylation sites (N-methyl/N-ethyl adjacent to an activating group) is 2. The van der Waals surface area contributed by atoms with E-state index in [9.17, 15) is 35.0 Å². The molecule has 1 aromatic heterocycles. The van der Waals surface area contributed by atoms with Gasteiger partial charge in [0.25, 0.3) is 5.69 Å². The average molecular weight is 1000 g/mol. The number of nitro groups is 1. The third-order valence-corrected chi connectivity index (χ3v) is 16.5. The molecule has 4 fully saturated rings. The van der Waals surface area contributed by atoms with Gasteiger partial charge in [-0.25, -0.2) is 4.79 Å². The van der Waals surface area contributed by atoms with Gasteiger partial charge in [0.2, 0.25) is 0 Å². The number of ether oxygens (including phenoxy) is 7. The second kappa shape index (κ2) is 23.1. The van der Waals surface area contributed by atoms with Crippen molar-refractivity contribution >= 4 is 17.8 Å². The van der Waals surface area contributed by atoms with Crippen molar-refractivity contribution in [2.45, 2.75) is 205 Å². The first-order valence-electron chi connectivity index (χ1n) is 25.6. The molecular formula is C51H82N6O14. The van der Waals surface area contributed by atoms with Gasteiger partial charge < -0.3 is 53.4 Å². The molecule has 5 heterocycles. The number of nitrogens with zero attached hydrogens (tertiary/aromatic N) is 6. The van der Waals surface area contributed by atoms with Crippen LogP contribution in [-0.2, 0) is 57.3 Å². The minimum atomic E-state index is -1.55. The number of hydrogen-bond donors (Lipinski definition) is 3. The van der Waals surface area contributed by atoms with E-state index in [1.165, 1.54) is 19.2 Å². The zero-order chi connectivity index (χ0) is 52.3. The Morgan fingerprint density at radius 3 is 2.32 bits per heavy atom. The first kappa shape index (κ1) is 56.4. The summed E-state index contributed by atoms with van der Waals surface area (Å²) in [5.74, 6) is -3.02. The lowest BCUT2D eigenvalue weighted by molar-refractivity contribution is -0.384. The highest BCUT2D eigenvalue weighted by atomic mass is 16.8. The van der Waals surface area contributed by atoms with Crippen molar-refractivity contribution in [1.82, 2.24) is 24.8 Å². The van der Waals surface area contributed by atoms with Crippen LogP contribution in [0.3, 0.4) is 0 Å². The summed E-state index contributed by atoms with van der Waals surface area (Å²) in [4.78, 5) is 42.6. The highest BCUT2D eigenvalue weighted by molar-refractivity contribution is 5.73. The molecule has 400 valence electrons. The molecule has 3 N–H and O–H groups in total. The summed E-state index contributed by atoms with van der Waals surface area (Å²) in [5.41, 5.74) is -2.18. The number of carbonyl (C=O) groups excluding carboxylic acids is 2. The van der Waals surface area contributed by atoms with E-state index in [0.717, 1.165) is 11.3 Å². The summed E-state index contributed by atoms with van der Waals surface area (Å²) < 4.78 is 46.2. The number of hydrogen-bond acceptors (Lipinski definition) is 18. The van der Waals surface area contributed by atoms with Gasteiger partial charge in [-0.05, 0) is 98.2 Å². The van der Waals surface area contributed by atoms with Crippen LogP contribution in [-0.4, -0.2) is 175 Å². The molecule has 4 aliphatic heterocycles. The quantitative estimate of drug-likeness (QED) is 0.127. The second-order valence-electron chi connectivity index (χ2n) is 21.7. The van der Waals surface area contributed by atoms with E-state index >= 15 is 0 Å². The summed E-state index contributed by atoms with van der Waals surface area (Å²) in [7, 11) is 5.41. The minimum Gasteiger partial charge on any atom is -0.458 e. The van der Waals surface area contributed by atoms with E-state index in [-0.39, 0.29) is 43.0 Å². The first-order valence-corrected chi connectivity index (χ1v) is 25.6. The molecule has 1 unspecified atom stereocenters. The highest BCUT2D eigenvalue weighted by Gasteiger charge is 2.59. The molecule has 4 saturated heterocycles. The van der Waals surface area contributed by atoms with E-state index in [0.29, 0.717) is 45.3 Å². The molecule has 0 spiro atoms. The molecule has 2 aromatic rings. The fraction of sp³-hybridized carbons (Fsp3) is 0.804. The number of aliphatic hydroxyl groups excluding tert-OH is 2. The van der Waals surface area contributed by atoms with Crippen molar-refractivity contribution in [2.75, 3.05) is 34.3 Å². The number of carbonyl (C=O) groups is 2. The lowest BCUT2D eigenvalue weighted by Gasteiger charge is -2.52. The Kier molecular flexibility index (Phi) is 18.4. The predicted molar refractivity (Wildman–Crippen MR) is 260 cm³/mol. The van der Waals surface area contributed by atoms with Crippen molar-refractivity contribution in [1.29, 1.82) is 0 Å². The molecule has 1 aromatic carbocycles. The standard InChI is InChI=1S/C51H82N6O14/c1-14-40-50(10)45(70-48(61)71-50)33(7)55(12)27-29(3)25-51(62,15-2)44(31(5)41(32(6)46(60)68-40)39-26-49(9,65-13)43(59)34(8)67-39)69-47-42(58)38(24-30(4)66-47)54(11)22-21-36-28-56(53-52-36)23-20-35-16-18-37(19-17-35)57(63)64/h16-19,28-34,38-45,47,58-59,62H,14-15,20-27H2,1-13H3/t29-,30-,31+,32-,33-,34+,38+,39?,40-,41+,42-,43+,44-,45-,47+,49-,50-,51-/m1/s1. The van der Waals surface area contributed by atoms with Gasteiger partial charge in [0, 0.05) is 75.9 Å². The minimum absolute atomic E-state index is 0.0411. The van der Waals surface area contributed by atoms with Crippen LogP contribution in [0.2, 0.25) is 0 Å². The maximum atomic E-state index is 14.9. The van der Waals surface area contributed by atoms with E-state index in [1.54, 1.807) is 37.6 Å². The van der Waals surface area contributed by atoms with Gasteiger partial charge in [-0.3, -0.25) is 24.5 Å². The van der Waals surface area contributed by atoms with Gasteiger partial charge in [-0.2, -0.15) is 0 Å². The zero-order valence-electron chi connectivity index (χ0n) is 44.1. The number of aromatic nitrogens is 3. The van der Waals surface area contributed by atoms with Crippen LogP contribution in [0.5, 0.6) is 0 Å². The fourth-order valence-corrected chi connectivity index (χ4v) is 12.0. The van der Waals surface area contributed by atoms with Gasteiger partial charge in [-0.1, -0.05) is 52.0 Å². The van der Waals surface area contributed by atoms with E-state index in [2.05, 4.69) is 27.0 Å². The SMILES string of the molecule is CC[C@H]1OC(=O)[C@H](C)[C@@H](C2C[C@@](C)(OC)[C@@H](O)[C@H](C)O2)[C@H](C)[C@@H](O[C@@H]2O[C@H](C)C[C@H](N(C)CCc3cn(CCc4ccc([N+](=O)[O-])cc4)nn3)[C@H]2O)[C@@](O)(CC)C[C@@H](C)CN(C)[C@H](C)[C@H]2OC(=O)O[C@@]21C. The third-order valence-electron chi connectivity index (χ3n) is 16.5. The van der Waals surface area contributed by atoms with Crippen LogP contribution in [0.25, 0.3) is 0 Å². The number of non-ortho nitro benzene ring substituents is 1. The lowest BCUT2D eigenvalue weighted by Crippen LogP contribution is -2.62. The third kappa shape index (κ3) is 12.4. The molecule has 0 saturated carbocycles. The van der Waals surface area contributed by atoms with Gasteiger partial charge in [0.05, 0.1) is 52.2 Å². The lowest BCUT2D eigenvalue weighted by atomic mass is 9.67. The molecule has 4 aliphatic rings. The van der Waals surface area contributed by atoms with Gasteiger partial charge in [0.1, 0.15) is 18.3 Å². The maximum absolute atomic E-state index is 14.9. The van der Waals surface area contributed by atoms with Crippen LogP contribution >= 0.6 is 0 Å². The molecule has 0 bridgehead atoms. The van der Waals surface area contributed by atoms with E-state index < -0.39 is 107 Å². The van der Waals surface area contributed by atoms with Crippen molar-refractivity contribution in [3.05, 3.63) is 51.8 Å². The zero-order valence-corrected chi connectivity index (χ0v) is 44.1. The average Bonchev–Trinajstić information content (AvgIpc) is 3.92. The van der Waals surface area contributed by atoms with Crippen molar-refractivity contribution < 1.29 is 63.0 Å². The van der Waals surface area contributed by atoms with Crippen molar-refractivity contribution in [2.24, 2.45) is 23.7 Å². The summed E-state index contributed by atoms with van der Waals surface area (Å²) >= 11 is 0. The predicted octanol–water partition coefficient (Wildman–Crippen LogP) is 5.10. The van der Waals surface area contributed by atoms with Crippen LogP contribution in [0, 0.1) is 33.8 Å². The summed E-state index contributed by atoms with van der Waals surface area (Å²) in [5, 5.41) is 56.8. The van der Waals surface area contributed by atoms with Crippen LogP contribution in [0.4, 0.5) is 10.5 Å². The summed E-state index contributed by atoms with van der Waals surface area (Å²) in [6, 6.07) is 5.67. The molecule has 0 radical (unpaired) electrons. The number of aryl methyl sites for hydroxylation is 2. The fourth-order valence-electron chi connectivity index (χ4n) is 12.0. The largest absolute Gasteiger partial charge is 0.509 e. The number of fused-ring (bicyclic) bond motifs is 1. The van der Waals surface area contributed by atoms with E-state index in [1.807, 2.05) is 61.8 Å². The molecule has 20 nitrogen and oxygen atoms in total. The van der Waals surface area contributed by atoms with Crippen LogP contribution in [0.1, 0.15) is 113 Å². The topological polar surface area (TPSA) is 240 Å². The molecular weight excluding hydrogens is 921 g/mol. The monoisotopic (exact) mass is 1000 g/mol. The molecule has 0 amide bonds. The highest BCUT2D eigenvalue weighted by Crippen LogP contribution is 2.46. The number of esters is 1. The number of rotatable bonds is 14. The van der Waals surface area contributed by atoms with Crippen molar-refractivity contribution in [3.8, 4) is 0 Å². The Hall–Kier alpha value is -3.86. The Balaban J connectivity index is 1.30. The maximum Gasteiger partial charge on any atom is 0.509 e. The Morgan fingerprint density at radius 2 is 1.69 bits per heavy atom. The molecule has 0 aliphatic carbocycles. The van der Waals surface area contributed by atoms with Gasteiger partial charge >= 0.3 is 12.1 Å². The summed E-state index contributed by atoms with van der Waals surface area (Å²) in [6.45, 7) is 20.3. The number of aliphatic hydroxyl groups is 3. The number of cyclic esters (lactones) is 1. The summed E-state index contributed by atoms with van der Waals surface area (Å²) in [6.07, 6.45) is -4.10. The normalized spacial score (nSPS) is 40.0. The van der Waals surface area contributed by atoms with Crippen LogP contribution in [0.15, 0.2) is 30.5 Å². The molecule has 18 atom stereocenters.